The summed E-state index contributed by atoms with van der Waals surface area (Å²) in [4.78, 5) is 10.2. The Morgan fingerprint density at radius 1 is 1.40 bits per heavy atom. The zero-order valence-electron chi connectivity index (χ0n) is 7.26. The van der Waals surface area contributed by atoms with Gasteiger partial charge in [-0.05, 0) is 11.8 Å². The van der Waals surface area contributed by atoms with Crippen LogP contribution in [0.15, 0.2) is 0 Å². The number of hydrogen-bond acceptors (Lipinski definition) is 1. The van der Waals surface area contributed by atoms with E-state index in [9.17, 15) is 4.79 Å². The molecule has 1 unspecified atom stereocenters. The Morgan fingerprint density at radius 3 is 2.30 bits per heavy atom. The number of hydrogen-bond donors (Lipinski definition) is 0. The first-order valence-electron chi connectivity index (χ1n) is 4.16. The molecule has 0 saturated carbocycles. The maximum Gasteiger partial charge on any atom is 0.120 e. The van der Waals surface area contributed by atoms with Crippen molar-refractivity contribution in [3.05, 3.63) is 0 Å². The molecule has 1 atom stereocenters. The third-order valence-electron chi connectivity index (χ3n) is 2.00. The summed E-state index contributed by atoms with van der Waals surface area (Å²) in [5, 5.41) is 0. The van der Waals surface area contributed by atoms with Gasteiger partial charge in [0.15, 0.2) is 0 Å². The van der Waals surface area contributed by atoms with Gasteiger partial charge in [0.1, 0.15) is 6.29 Å². The van der Waals surface area contributed by atoms with Crippen molar-refractivity contribution in [3.63, 3.8) is 0 Å². The Hall–Kier alpha value is -0.330. The largest absolute Gasteiger partial charge is 0.303 e. The summed E-state index contributed by atoms with van der Waals surface area (Å²) < 4.78 is 0. The first-order valence-corrected chi connectivity index (χ1v) is 4.16. The van der Waals surface area contributed by atoms with E-state index in [0.717, 1.165) is 12.7 Å². The first kappa shape index (κ1) is 9.67. The highest BCUT2D eigenvalue weighted by atomic mass is 16.1. The Kier molecular flexibility index (Phi) is 5.27. The lowest BCUT2D eigenvalue weighted by Crippen LogP contribution is -2.08. The molecule has 0 aliphatic heterocycles. The molecular formula is C9H18O. The van der Waals surface area contributed by atoms with Crippen molar-refractivity contribution in [2.24, 2.45) is 11.8 Å². The topological polar surface area (TPSA) is 17.1 Å². The van der Waals surface area contributed by atoms with Crippen LogP contribution in [0, 0.1) is 11.8 Å². The highest BCUT2D eigenvalue weighted by molar-refractivity contribution is 5.49. The van der Waals surface area contributed by atoms with Gasteiger partial charge in [-0.2, -0.15) is 0 Å². The third kappa shape index (κ3) is 3.65. The molecule has 10 heavy (non-hydrogen) atoms. The van der Waals surface area contributed by atoms with Gasteiger partial charge >= 0.3 is 0 Å². The summed E-state index contributed by atoms with van der Waals surface area (Å²) in [6.45, 7) is 6.54. The molecule has 1 heteroatoms. The van der Waals surface area contributed by atoms with Crippen LogP contribution in [0.3, 0.4) is 0 Å². The Balaban J connectivity index is 3.60. The SMILES string of the molecule is CCCC(CC=O)C(C)C. The lowest BCUT2D eigenvalue weighted by atomic mass is 9.89. The summed E-state index contributed by atoms with van der Waals surface area (Å²) in [6.07, 6.45) is 4.17. The van der Waals surface area contributed by atoms with Crippen molar-refractivity contribution >= 4 is 6.29 Å². The van der Waals surface area contributed by atoms with Gasteiger partial charge in [0, 0.05) is 6.42 Å². The zero-order chi connectivity index (χ0) is 7.98. The van der Waals surface area contributed by atoms with Crippen LogP contribution in [-0.4, -0.2) is 6.29 Å². The predicted octanol–water partition coefficient (Wildman–Crippen LogP) is 2.65. The minimum Gasteiger partial charge on any atom is -0.303 e. The van der Waals surface area contributed by atoms with Crippen LogP contribution in [-0.2, 0) is 4.79 Å². The standard InChI is InChI=1S/C9H18O/c1-4-5-9(6-7-10)8(2)3/h7-9H,4-6H2,1-3H3. The van der Waals surface area contributed by atoms with Gasteiger partial charge in [-0.25, -0.2) is 0 Å². The smallest absolute Gasteiger partial charge is 0.120 e. The van der Waals surface area contributed by atoms with E-state index < -0.39 is 0 Å². The Labute approximate surface area is 63.8 Å². The van der Waals surface area contributed by atoms with E-state index in [1.165, 1.54) is 12.8 Å². The molecule has 0 aromatic heterocycles. The number of carbonyl (C=O) groups is 1. The summed E-state index contributed by atoms with van der Waals surface area (Å²) in [5.41, 5.74) is 0. The molecule has 0 aromatic carbocycles. The van der Waals surface area contributed by atoms with Crippen molar-refractivity contribution in [1.29, 1.82) is 0 Å². The second-order valence-electron chi connectivity index (χ2n) is 3.20. The predicted molar refractivity (Wildman–Crippen MR) is 43.9 cm³/mol. The number of rotatable bonds is 5. The molecule has 0 rings (SSSR count). The minimum atomic E-state index is 0.613. The van der Waals surface area contributed by atoms with Crippen molar-refractivity contribution < 1.29 is 4.79 Å². The quantitative estimate of drug-likeness (QED) is 0.539. The lowest BCUT2D eigenvalue weighted by Gasteiger charge is -2.16. The number of carbonyl (C=O) groups excluding carboxylic acids is 1. The fourth-order valence-corrected chi connectivity index (χ4v) is 1.22. The van der Waals surface area contributed by atoms with E-state index in [1.54, 1.807) is 0 Å². The summed E-state index contributed by atoms with van der Waals surface area (Å²) >= 11 is 0. The number of aldehydes is 1. The molecule has 0 bridgehead atoms. The van der Waals surface area contributed by atoms with E-state index in [2.05, 4.69) is 20.8 Å². The molecule has 0 radical (unpaired) electrons. The van der Waals surface area contributed by atoms with Gasteiger partial charge < -0.3 is 4.79 Å². The molecule has 0 aliphatic rings. The first-order chi connectivity index (χ1) is 4.72. The van der Waals surface area contributed by atoms with Crippen molar-refractivity contribution in [1.82, 2.24) is 0 Å². The van der Waals surface area contributed by atoms with Gasteiger partial charge in [-0.1, -0.05) is 33.6 Å². The van der Waals surface area contributed by atoms with Crippen LogP contribution < -0.4 is 0 Å². The molecule has 0 heterocycles. The van der Waals surface area contributed by atoms with Crippen LogP contribution in [0.1, 0.15) is 40.0 Å². The molecule has 60 valence electrons. The Bertz CT molecular complexity index is 86.7. The lowest BCUT2D eigenvalue weighted by molar-refractivity contribution is -0.109. The van der Waals surface area contributed by atoms with E-state index >= 15 is 0 Å². The fourth-order valence-electron chi connectivity index (χ4n) is 1.22. The van der Waals surface area contributed by atoms with Crippen LogP contribution >= 0.6 is 0 Å². The maximum atomic E-state index is 10.2. The van der Waals surface area contributed by atoms with Crippen LogP contribution in [0.25, 0.3) is 0 Å². The van der Waals surface area contributed by atoms with E-state index in [0.29, 0.717) is 11.8 Å². The van der Waals surface area contributed by atoms with Crippen molar-refractivity contribution in [2.45, 2.75) is 40.0 Å². The van der Waals surface area contributed by atoms with Gasteiger partial charge in [0.05, 0.1) is 0 Å². The monoisotopic (exact) mass is 142 g/mol. The molecule has 0 aromatic rings. The van der Waals surface area contributed by atoms with E-state index in [-0.39, 0.29) is 0 Å². The molecule has 0 fully saturated rings. The van der Waals surface area contributed by atoms with Crippen LogP contribution in [0.5, 0.6) is 0 Å². The molecular weight excluding hydrogens is 124 g/mol. The second-order valence-corrected chi connectivity index (χ2v) is 3.20. The molecule has 0 aliphatic carbocycles. The second kappa shape index (κ2) is 5.45. The fraction of sp³-hybridized carbons (Fsp3) is 0.889. The van der Waals surface area contributed by atoms with Gasteiger partial charge in [0.2, 0.25) is 0 Å². The Morgan fingerprint density at radius 2 is 2.00 bits per heavy atom. The molecule has 0 saturated heterocycles. The average Bonchev–Trinajstić information content (AvgIpc) is 1.87. The molecule has 1 nitrogen and oxygen atoms in total. The van der Waals surface area contributed by atoms with Gasteiger partial charge in [-0.3, -0.25) is 0 Å². The highest BCUT2D eigenvalue weighted by Gasteiger charge is 2.10. The van der Waals surface area contributed by atoms with E-state index in [1.807, 2.05) is 0 Å². The average molecular weight is 142 g/mol. The van der Waals surface area contributed by atoms with Crippen molar-refractivity contribution in [3.8, 4) is 0 Å². The summed E-state index contributed by atoms with van der Waals surface area (Å²) in [5.74, 6) is 1.27. The maximum absolute atomic E-state index is 10.2. The van der Waals surface area contributed by atoms with Crippen LogP contribution in [0.4, 0.5) is 0 Å². The summed E-state index contributed by atoms with van der Waals surface area (Å²) in [7, 11) is 0. The molecule has 0 N–H and O–H groups in total. The highest BCUT2D eigenvalue weighted by Crippen LogP contribution is 2.19. The van der Waals surface area contributed by atoms with E-state index in [4.69, 9.17) is 0 Å². The molecule has 0 amide bonds. The molecule has 0 spiro atoms. The van der Waals surface area contributed by atoms with Crippen molar-refractivity contribution in [2.75, 3.05) is 0 Å². The normalized spacial score (nSPS) is 13.6. The zero-order valence-corrected chi connectivity index (χ0v) is 7.26. The van der Waals surface area contributed by atoms with Gasteiger partial charge in [-0.15, -0.1) is 0 Å². The summed E-state index contributed by atoms with van der Waals surface area (Å²) in [6, 6.07) is 0. The minimum absolute atomic E-state index is 0.613. The third-order valence-corrected chi connectivity index (χ3v) is 2.00. The van der Waals surface area contributed by atoms with Crippen LogP contribution in [0.2, 0.25) is 0 Å². The van der Waals surface area contributed by atoms with Gasteiger partial charge in [0.25, 0.3) is 0 Å².